The van der Waals surface area contributed by atoms with Crippen LogP contribution in [-0.4, -0.2) is 22.2 Å². The van der Waals surface area contributed by atoms with Gasteiger partial charge in [-0.15, -0.1) is 0 Å². The van der Waals surface area contributed by atoms with Crippen LogP contribution in [0, 0.1) is 18.3 Å². The molecule has 60 valence electrons. The summed E-state index contributed by atoms with van der Waals surface area (Å²) in [6.45, 7) is 1.69. The molecule has 0 aromatic carbocycles. The molecule has 0 saturated heterocycles. The summed E-state index contributed by atoms with van der Waals surface area (Å²) >= 11 is 0. The molecule has 0 bridgehead atoms. The van der Waals surface area contributed by atoms with Crippen LogP contribution in [-0.2, 0) is 0 Å². The Labute approximate surface area is 70.3 Å². The van der Waals surface area contributed by atoms with E-state index in [-0.39, 0.29) is 5.69 Å². The minimum atomic E-state index is -1.52. The summed E-state index contributed by atoms with van der Waals surface area (Å²) in [4.78, 5) is 3.70. The summed E-state index contributed by atoms with van der Waals surface area (Å²) in [7, 11) is -1.52. The maximum Gasteiger partial charge on any atom is 0.490 e. The van der Waals surface area contributed by atoms with Crippen molar-refractivity contribution in [3.63, 3.8) is 0 Å². The van der Waals surface area contributed by atoms with Crippen LogP contribution in [0.4, 0.5) is 0 Å². The van der Waals surface area contributed by atoms with Gasteiger partial charge in [0.1, 0.15) is 11.8 Å². The summed E-state index contributed by atoms with van der Waals surface area (Å²) in [6, 6.07) is 3.37. The van der Waals surface area contributed by atoms with Crippen molar-refractivity contribution < 1.29 is 10.0 Å². The van der Waals surface area contributed by atoms with Crippen LogP contribution in [0.1, 0.15) is 11.3 Å². The third-order valence-corrected chi connectivity index (χ3v) is 1.54. The molecule has 0 spiro atoms. The smallest absolute Gasteiger partial charge is 0.423 e. The minimum absolute atomic E-state index is 0.275. The Kier molecular flexibility index (Phi) is 2.43. The molecular weight excluding hydrogens is 155 g/mol. The Morgan fingerprint density at radius 1 is 1.58 bits per heavy atom. The average Bonchev–Trinajstić information content (AvgIpc) is 2.03. The van der Waals surface area contributed by atoms with E-state index in [2.05, 4.69) is 4.98 Å². The number of nitriles is 1. The van der Waals surface area contributed by atoms with Gasteiger partial charge in [0.25, 0.3) is 0 Å². The topological polar surface area (TPSA) is 77.1 Å². The highest BCUT2D eigenvalue weighted by molar-refractivity contribution is 6.59. The molecule has 1 aromatic heterocycles. The monoisotopic (exact) mass is 162 g/mol. The second kappa shape index (κ2) is 3.35. The number of aryl methyl sites for hydroxylation is 1. The van der Waals surface area contributed by atoms with E-state index in [0.717, 1.165) is 0 Å². The molecular formula is C7H7BN2O2. The van der Waals surface area contributed by atoms with Gasteiger partial charge in [-0.3, -0.25) is 0 Å². The lowest BCUT2D eigenvalue weighted by Crippen LogP contribution is -2.32. The molecule has 12 heavy (non-hydrogen) atoms. The van der Waals surface area contributed by atoms with Crippen molar-refractivity contribution in [3.8, 4) is 6.07 Å². The SMILES string of the molecule is Cc1cc(C#N)ncc1B(O)O. The molecule has 0 amide bonds. The fourth-order valence-corrected chi connectivity index (χ4v) is 0.898. The van der Waals surface area contributed by atoms with Crippen molar-refractivity contribution in [3.05, 3.63) is 23.5 Å². The van der Waals surface area contributed by atoms with Crippen molar-refractivity contribution in [2.24, 2.45) is 0 Å². The molecule has 0 unspecified atom stereocenters. The Morgan fingerprint density at radius 2 is 2.25 bits per heavy atom. The minimum Gasteiger partial charge on any atom is -0.423 e. The quantitative estimate of drug-likeness (QED) is 0.516. The van der Waals surface area contributed by atoms with E-state index >= 15 is 0 Å². The first-order valence-corrected chi connectivity index (χ1v) is 3.38. The zero-order valence-electron chi connectivity index (χ0n) is 6.52. The average molecular weight is 162 g/mol. The van der Waals surface area contributed by atoms with Crippen LogP contribution in [0.15, 0.2) is 12.3 Å². The van der Waals surface area contributed by atoms with Crippen LogP contribution < -0.4 is 5.46 Å². The third kappa shape index (κ3) is 1.61. The fraction of sp³-hybridized carbons (Fsp3) is 0.143. The summed E-state index contributed by atoms with van der Waals surface area (Å²) < 4.78 is 0. The Hall–Kier alpha value is -1.38. The van der Waals surface area contributed by atoms with Crippen molar-refractivity contribution in [1.82, 2.24) is 4.98 Å². The van der Waals surface area contributed by atoms with Gasteiger partial charge in [0.2, 0.25) is 0 Å². The zero-order chi connectivity index (χ0) is 9.14. The van der Waals surface area contributed by atoms with E-state index in [9.17, 15) is 0 Å². The van der Waals surface area contributed by atoms with Crippen LogP contribution in [0.3, 0.4) is 0 Å². The van der Waals surface area contributed by atoms with Gasteiger partial charge < -0.3 is 10.0 Å². The standard InChI is InChI=1S/C7H7BN2O2/c1-5-2-6(3-9)10-4-7(5)8(11)12/h2,4,11-12H,1H3. The van der Waals surface area contributed by atoms with Crippen molar-refractivity contribution in [2.75, 3.05) is 0 Å². The lowest BCUT2D eigenvalue weighted by molar-refractivity contribution is 0.425. The molecule has 0 aliphatic carbocycles. The second-order valence-corrected chi connectivity index (χ2v) is 2.41. The van der Waals surface area contributed by atoms with E-state index in [0.29, 0.717) is 11.0 Å². The van der Waals surface area contributed by atoms with Crippen LogP contribution in [0.2, 0.25) is 0 Å². The predicted molar refractivity (Wildman–Crippen MR) is 43.5 cm³/mol. The Morgan fingerprint density at radius 3 is 2.67 bits per heavy atom. The molecule has 0 aliphatic rings. The van der Waals surface area contributed by atoms with E-state index in [1.54, 1.807) is 6.92 Å². The molecule has 1 rings (SSSR count). The summed E-state index contributed by atoms with van der Waals surface area (Å²) in [5.41, 5.74) is 1.25. The summed E-state index contributed by atoms with van der Waals surface area (Å²) in [6.07, 6.45) is 1.29. The first-order chi connectivity index (χ1) is 5.65. The molecule has 0 fully saturated rings. The first kappa shape index (κ1) is 8.72. The van der Waals surface area contributed by atoms with Crippen LogP contribution in [0.5, 0.6) is 0 Å². The summed E-state index contributed by atoms with van der Waals surface area (Å²) in [5.74, 6) is 0. The molecule has 0 atom stereocenters. The number of aromatic nitrogens is 1. The molecule has 0 radical (unpaired) electrons. The Balaban J connectivity index is 3.14. The van der Waals surface area contributed by atoms with Gasteiger partial charge in [0.05, 0.1) is 0 Å². The lowest BCUT2D eigenvalue weighted by Gasteiger charge is -2.02. The van der Waals surface area contributed by atoms with Crippen LogP contribution in [0.25, 0.3) is 0 Å². The maximum absolute atomic E-state index is 8.80. The van der Waals surface area contributed by atoms with Crippen molar-refractivity contribution in [2.45, 2.75) is 6.92 Å². The van der Waals surface area contributed by atoms with Gasteiger partial charge in [-0.1, -0.05) is 0 Å². The number of hydrogen-bond acceptors (Lipinski definition) is 4. The van der Waals surface area contributed by atoms with Gasteiger partial charge in [0, 0.05) is 11.7 Å². The zero-order valence-corrected chi connectivity index (χ0v) is 6.52. The predicted octanol–water partition coefficient (Wildman–Crippen LogP) is -1.06. The van der Waals surface area contributed by atoms with Gasteiger partial charge >= 0.3 is 7.12 Å². The van der Waals surface area contributed by atoms with Crippen LogP contribution >= 0.6 is 0 Å². The Bertz CT molecular complexity index is 333. The number of rotatable bonds is 1. The lowest BCUT2D eigenvalue weighted by atomic mass is 9.78. The summed E-state index contributed by atoms with van der Waals surface area (Å²) in [5, 5.41) is 26.1. The molecule has 0 saturated carbocycles. The maximum atomic E-state index is 8.80. The first-order valence-electron chi connectivity index (χ1n) is 3.38. The third-order valence-electron chi connectivity index (χ3n) is 1.54. The van der Waals surface area contributed by atoms with Crippen molar-refractivity contribution in [1.29, 1.82) is 5.26 Å². The largest absolute Gasteiger partial charge is 0.490 e. The van der Waals surface area contributed by atoms with E-state index in [1.807, 2.05) is 6.07 Å². The second-order valence-electron chi connectivity index (χ2n) is 2.41. The highest BCUT2D eigenvalue weighted by Gasteiger charge is 2.14. The van der Waals surface area contributed by atoms with Crippen molar-refractivity contribution >= 4 is 12.6 Å². The van der Waals surface area contributed by atoms with Gasteiger partial charge in [-0.2, -0.15) is 5.26 Å². The fourth-order valence-electron chi connectivity index (χ4n) is 0.898. The van der Waals surface area contributed by atoms with E-state index in [1.165, 1.54) is 12.3 Å². The number of pyridine rings is 1. The number of nitrogens with zero attached hydrogens (tertiary/aromatic N) is 2. The van der Waals surface area contributed by atoms with E-state index < -0.39 is 7.12 Å². The normalized spacial score (nSPS) is 9.17. The molecule has 2 N–H and O–H groups in total. The molecule has 1 aromatic rings. The van der Waals surface area contributed by atoms with E-state index in [4.69, 9.17) is 15.3 Å². The molecule has 4 nitrogen and oxygen atoms in total. The molecule has 5 heteroatoms. The highest BCUT2D eigenvalue weighted by Crippen LogP contribution is 1.96. The molecule has 1 heterocycles. The number of hydrogen-bond donors (Lipinski definition) is 2. The van der Waals surface area contributed by atoms with Gasteiger partial charge in [-0.05, 0) is 18.6 Å². The molecule has 0 aliphatic heterocycles. The van der Waals surface area contributed by atoms with Gasteiger partial charge in [0.15, 0.2) is 0 Å². The highest BCUT2D eigenvalue weighted by atomic mass is 16.4. The van der Waals surface area contributed by atoms with Gasteiger partial charge in [-0.25, -0.2) is 4.98 Å².